The molecule has 0 aromatic carbocycles. The van der Waals surface area contributed by atoms with E-state index in [0.29, 0.717) is 5.41 Å². The van der Waals surface area contributed by atoms with Gasteiger partial charge in [0.25, 0.3) is 0 Å². The number of carbonyl (C=O) groups excluding carboxylic acids is 1. The Morgan fingerprint density at radius 3 is 2.25 bits per heavy atom. The number of halogens is 1. The third kappa shape index (κ3) is 3.88. The Labute approximate surface area is 130 Å². The topological polar surface area (TPSA) is 46.3 Å². The normalized spacial score (nSPS) is 26.8. The molecule has 1 saturated carbocycles. The van der Waals surface area contributed by atoms with Crippen molar-refractivity contribution in [3.8, 4) is 0 Å². The van der Waals surface area contributed by atoms with Crippen molar-refractivity contribution in [1.82, 2.24) is 4.90 Å². The molecular weight excluding hydrogens is 272 g/mol. The molecule has 118 valence electrons. The smallest absolute Gasteiger partial charge is 0.242 e. The van der Waals surface area contributed by atoms with E-state index in [-0.39, 0.29) is 18.3 Å². The van der Waals surface area contributed by atoms with E-state index >= 15 is 0 Å². The first-order valence-corrected chi connectivity index (χ1v) is 7.91. The summed E-state index contributed by atoms with van der Waals surface area (Å²) in [7, 11) is 0. The van der Waals surface area contributed by atoms with Crippen LogP contribution in [-0.4, -0.2) is 29.4 Å². The lowest BCUT2D eigenvalue weighted by atomic mass is 9.77. The summed E-state index contributed by atoms with van der Waals surface area (Å²) >= 11 is 0. The van der Waals surface area contributed by atoms with E-state index in [1.54, 1.807) is 0 Å². The van der Waals surface area contributed by atoms with E-state index in [1.165, 1.54) is 6.42 Å². The Hall–Kier alpha value is -0.280. The van der Waals surface area contributed by atoms with Gasteiger partial charge in [0.2, 0.25) is 5.91 Å². The van der Waals surface area contributed by atoms with E-state index in [1.807, 2.05) is 0 Å². The maximum absolute atomic E-state index is 12.6. The van der Waals surface area contributed by atoms with Crippen LogP contribution in [0.1, 0.15) is 65.7 Å². The maximum Gasteiger partial charge on any atom is 0.242 e. The van der Waals surface area contributed by atoms with Crippen LogP contribution >= 0.6 is 12.4 Å². The highest BCUT2D eigenvalue weighted by Crippen LogP contribution is 2.35. The van der Waals surface area contributed by atoms with Crippen molar-refractivity contribution < 1.29 is 4.79 Å². The second kappa shape index (κ2) is 6.65. The van der Waals surface area contributed by atoms with Crippen molar-refractivity contribution in [3.63, 3.8) is 0 Å². The number of rotatable bonds is 1. The fourth-order valence-electron chi connectivity index (χ4n) is 3.70. The predicted molar refractivity (Wildman–Crippen MR) is 86.0 cm³/mol. The Bertz CT molecular complexity index is 332. The van der Waals surface area contributed by atoms with Gasteiger partial charge in [-0.25, -0.2) is 0 Å². The summed E-state index contributed by atoms with van der Waals surface area (Å²) in [6, 6.07) is 0. The van der Waals surface area contributed by atoms with Crippen molar-refractivity contribution in [2.45, 2.75) is 71.3 Å². The van der Waals surface area contributed by atoms with Gasteiger partial charge in [-0.2, -0.15) is 0 Å². The molecule has 1 amide bonds. The fourth-order valence-corrected chi connectivity index (χ4v) is 3.70. The second-order valence-electron chi connectivity index (χ2n) is 7.65. The van der Waals surface area contributed by atoms with Crippen LogP contribution in [0.4, 0.5) is 0 Å². The molecule has 0 bridgehead atoms. The van der Waals surface area contributed by atoms with Gasteiger partial charge in [-0.1, -0.05) is 33.6 Å². The minimum Gasteiger partial charge on any atom is -0.341 e. The number of nitrogens with two attached hydrogens (primary N) is 1. The highest BCUT2D eigenvalue weighted by Gasteiger charge is 2.40. The van der Waals surface area contributed by atoms with Gasteiger partial charge >= 0.3 is 0 Å². The van der Waals surface area contributed by atoms with E-state index in [4.69, 9.17) is 5.73 Å². The van der Waals surface area contributed by atoms with E-state index in [0.717, 1.165) is 57.5 Å². The number of hydrogen-bond acceptors (Lipinski definition) is 2. The van der Waals surface area contributed by atoms with Crippen LogP contribution in [0.25, 0.3) is 0 Å². The van der Waals surface area contributed by atoms with E-state index in [2.05, 4.69) is 25.7 Å². The summed E-state index contributed by atoms with van der Waals surface area (Å²) in [6.45, 7) is 8.76. The zero-order valence-electron chi connectivity index (χ0n) is 13.3. The van der Waals surface area contributed by atoms with E-state index < -0.39 is 5.54 Å². The molecule has 1 aliphatic carbocycles. The molecular formula is C16H31ClN2O. The molecule has 1 atom stereocenters. The molecule has 0 aromatic heterocycles. The van der Waals surface area contributed by atoms with Gasteiger partial charge in [0.15, 0.2) is 0 Å². The zero-order chi connectivity index (χ0) is 14.1. The molecule has 0 aromatic rings. The molecule has 4 heteroatoms. The summed E-state index contributed by atoms with van der Waals surface area (Å²) in [5.74, 6) is 0.946. The molecule has 1 saturated heterocycles. The van der Waals surface area contributed by atoms with E-state index in [9.17, 15) is 4.79 Å². The van der Waals surface area contributed by atoms with Gasteiger partial charge < -0.3 is 10.6 Å². The van der Waals surface area contributed by atoms with Crippen molar-refractivity contribution >= 4 is 18.3 Å². The molecule has 1 heterocycles. The van der Waals surface area contributed by atoms with Crippen LogP contribution in [0.5, 0.6) is 0 Å². The van der Waals surface area contributed by atoms with Gasteiger partial charge in [-0.15, -0.1) is 12.4 Å². The SMILES string of the molecule is CC(C)(C)C1CCCN(C(=O)C2(N)CCCC2)CC1.Cl. The highest BCUT2D eigenvalue weighted by atomic mass is 35.5. The predicted octanol–water partition coefficient (Wildman–Crippen LogP) is 3.35. The molecule has 0 radical (unpaired) electrons. The number of amides is 1. The number of hydrogen-bond donors (Lipinski definition) is 1. The minimum absolute atomic E-state index is 0. The first-order valence-electron chi connectivity index (χ1n) is 7.91. The van der Waals surface area contributed by atoms with Gasteiger partial charge in [0, 0.05) is 13.1 Å². The lowest BCUT2D eigenvalue weighted by molar-refractivity contribution is -0.136. The van der Waals surface area contributed by atoms with Gasteiger partial charge in [-0.05, 0) is 43.4 Å². The largest absolute Gasteiger partial charge is 0.341 e. The summed E-state index contributed by atoms with van der Waals surface area (Å²) < 4.78 is 0. The monoisotopic (exact) mass is 302 g/mol. The average Bonchev–Trinajstić information content (AvgIpc) is 2.64. The van der Waals surface area contributed by atoms with Crippen molar-refractivity contribution in [2.24, 2.45) is 17.1 Å². The third-order valence-corrected chi connectivity index (χ3v) is 5.16. The Morgan fingerprint density at radius 2 is 1.70 bits per heavy atom. The second-order valence-corrected chi connectivity index (χ2v) is 7.65. The molecule has 2 aliphatic rings. The van der Waals surface area contributed by atoms with Gasteiger partial charge in [-0.3, -0.25) is 4.79 Å². The van der Waals surface area contributed by atoms with Crippen molar-refractivity contribution in [1.29, 1.82) is 0 Å². The first-order chi connectivity index (χ1) is 8.83. The van der Waals surface area contributed by atoms with Crippen LogP contribution in [0.3, 0.4) is 0 Å². The van der Waals surface area contributed by atoms with Crippen LogP contribution in [-0.2, 0) is 4.79 Å². The van der Waals surface area contributed by atoms with Gasteiger partial charge in [0.05, 0.1) is 5.54 Å². The summed E-state index contributed by atoms with van der Waals surface area (Å²) in [6.07, 6.45) is 7.48. The quantitative estimate of drug-likeness (QED) is 0.807. The summed E-state index contributed by atoms with van der Waals surface area (Å²) in [4.78, 5) is 14.7. The molecule has 1 unspecified atom stereocenters. The Morgan fingerprint density at radius 1 is 1.10 bits per heavy atom. The standard InChI is InChI=1S/C16H30N2O.ClH/c1-15(2,3)13-7-6-11-18(12-8-13)14(19)16(17)9-4-5-10-16;/h13H,4-12,17H2,1-3H3;1H. The first kappa shape index (κ1) is 17.8. The zero-order valence-corrected chi connectivity index (χ0v) is 14.1. The molecule has 2 N–H and O–H groups in total. The highest BCUT2D eigenvalue weighted by molar-refractivity contribution is 5.86. The summed E-state index contributed by atoms with van der Waals surface area (Å²) in [5.41, 5.74) is 6.13. The average molecular weight is 303 g/mol. The van der Waals surface area contributed by atoms with Crippen molar-refractivity contribution in [2.75, 3.05) is 13.1 Å². The Balaban J connectivity index is 0.00000200. The molecule has 2 fully saturated rings. The van der Waals surface area contributed by atoms with Crippen LogP contribution < -0.4 is 5.73 Å². The third-order valence-electron chi connectivity index (χ3n) is 5.16. The van der Waals surface area contributed by atoms with Crippen LogP contribution in [0.2, 0.25) is 0 Å². The fraction of sp³-hybridized carbons (Fsp3) is 0.938. The Kier molecular flexibility index (Phi) is 5.91. The summed E-state index contributed by atoms with van der Waals surface area (Å²) in [5, 5.41) is 0. The number of nitrogens with zero attached hydrogens (tertiary/aromatic N) is 1. The molecule has 20 heavy (non-hydrogen) atoms. The lowest BCUT2D eigenvalue weighted by Crippen LogP contribution is -2.53. The van der Waals surface area contributed by atoms with Gasteiger partial charge in [0.1, 0.15) is 0 Å². The minimum atomic E-state index is -0.540. The van der Waals surface area contributed by atoms with Crippen molar-refractivity contribution in [3.05, 3.63) is 0 Å². The molecule has 3 nitrogen and oxygen atoms in total. The van der Waals surface area contributed by atoms with Crippen LogP contribution in [0.15, 0.2) is 0 Å². The lowest BCUT2D eigenvalue weighted by Gasteiger charge is -2.32. The molecule has 1 aliphatic heterocycles. The van der Waals surface area contributed by atoms with Crippen LogP contribution in [0, 0.1) is 11.3 Å². The number of carbonyl (C=O) groups is 1. The molecule has 0 spiro atoms. The number of likely N-dealkylation sites (tertiary alicyclic amines) is 1. The maximum atomic E-state index is 12.6. The molecule has 2 rings (SSSR count).